The molecule has 4 nitrogen and oxygen atoms in total. The summed E-state index contributed by atoms with van der Waals surface area (Å²) < 4.78 is 14.0. The molecule has 2 aromatic carbocycles. The second-order valence-corrected chi connectivity index (χ2v) is 4.64. The number of aryl methyl sites for hydroxylation is 2. The molecule has 0 radical (unpaired) electrons. The Hall–Kier alpha value is -2.17. The summed E-state index contributed by atoms with van der Waals surface area (Å²) in [6.07, 6.45) is -1.26. The molecule has 5 heteroatoms. The maximum Gasteiger partial charge on any atom is 0.253 e. The summed E-state index contributed by atoms with van der Waals surface area (Å²) in [5, 5.41) is 2.59. The van der Waals surface area contributed by atoms with Gasteiger partial charge in [-0.05, 0) is 30.5 Å². The zero-order valence-electron chi connectivity index (χ0n) is 10.8. The number of rotatable bonds is 4. The third kappa shape index (κ3) is 2.36. The molecule has 100 valence electrons. The first kappa shape index (κ1) is 13.3. The molecule has 1 unspecified atom stereocenters. The van der Waals surface area contributed by atoms with Crippen molar-refractivity contribution in [1.82, 2.24) is 0 Å². The molecule has 0 aliphatic heterocycles. The molecule has 0 amide bonds. The zero-order chi connectivity index (χ0) is 14.2. The highest BCUT2D eigenvalue weighted by atomic mass is 19.1. The Kier molecular flexibility index (Phi) is 3.38. The smallest absolute Gasteiger partial charge is 0.253 e. The fourth-order valence-corrected chi connectivity index (χ4v) is 1.85. The lowest BCUT2D eigenvalue weighted by atomic mass is 10.0. The van der Waals surface area contributed by atoms with Gasteiger partial charge in [-0.3, -0.25) is 9.59 Å². The van der Waals surface area contributed by atoms with E-state index in [4.69, 9.17) is 5.73 Å². The van der Waals surface area contributed by atoms with Gasteiger partial charge >= 0.3 is 0 Å². The average molecular weight is 262 g/mol. The minimum Gasteiger partial charge on any atom is -0.394 e. The van der Waals surface area contributed by atoms with Gasteiger partial charge in [0, 0.05) is 0 Å². The van der Waals surface area contributed by atoms with Gasteiger partial charge in [-0.15, -0.1) is 0 Å². The van der Waals surface area contributed by atoms with Crippen LogP contribution in [0.1, 0.15) is 22.9 Å². The molecule has 2 rings (SSSR count). The Bertz CT molecular complexity index is 687. The zero-order valence-corrected chi connectivity index (χ0v) is 10.8. The first-order valence-electron chi connectivity index (χ1n) is 5.95. The van der Waals surface area contributed by atoms with E-state index in [-0.39, 0.29) is 17.9 Å². The van der Waals surface area contributed by atoms with Gasteiger partial charge in [-0.2, -0.15) is 0 Å². The van der Waals surface area contributed by atoms with Crippen molar-refractivity contribution in [2.75, 3.05) is 17.6 Å². The normalized spacial score (nSPS) is 12.6. The number of nitrogen functional groups attached to an aromatic ring is 1. The quantitative estimate of drug-likeness (QED) is 0.821. The standard InChI is InChI=1S/C14H15FN2O2/c1-7-3-4-9(5-8(7)2)10(15)6-17-12-11(16)13(18)14(12)19/h3-5,10,17H,6,16H2,1-2H3. The Morgan fingerprint density at radius 3 is 2.47 bits per heavy atom. The maximum atomic E-state index is 14.0. The third-order valence-corrected chi connectivity index (χ3v) is 3.30. The number of alkyl halides is 1. The molecular weight excluding hydrogens is 247 g/mol. The second-order valence-electron chi connectivity index (χ2n) is 4.64. The van der Waals surface area contributed by atoms with E-state index in [0.29, 0.717) is 5.56 Å². The Labute approximate surface area is 109 Å². The van der Waals surface area contributed by atoms with Crippen molar-refractivity contribution in [1.29, 1.82) is 0 Å². The van der Waals surface area contributed by atoms with Gasteiger partial charge in [-0.1, -0.05) is 18.2 Å². The van der Waals surface area contributed by atoms with Crippen LogP contribution in [0, 0.1) is 13.8 Å². The largest absolute Gasteiger partial charge is 0.394 e. The highest BCUT2D eigenvalue weighted by Crippen LogP contribution is 2.21. The third-order valence-electron chi connectivity index (χ3n) is 3.30. The van der Waals surface area contributed by atoms with E-state index in [1.54, 1.807) is 12.1 Å². The lowest BCUT2D eigenvalue weighted by Gasteiger charge is -2.14. The van der Waals surface area contributed by atoms with Crippen LogP contribution in [0.4, 0.5) is 15.8 Å². The predicted octanol–water partition coefficient (Wildman–Crippen LogP) is 1.60. The molecule has 0 bridgehead atoms. The van der Waals surface area contributed by atoms with Crippen molar-refractivity contribution in [2.45, 2.75) is 20.0 Å². The molecule has 19 heavy (non-hydrogen) atoms. The number of hydrogen-bond acceptors (Lipinski definition) is 4. The minimum atomic E-state index is -1.26. The Morgan fingerprint density at radius 2 is 1.89 bits per heavy atom. The second kappa shape index (κ2) is 4.84. The molecule has 0 aromatic heterocycles. The summed E-state index contributed by atoms with van der Waals surface area (Å²) in [7, 11) is 0. The van der Waals surface area contributed by atoms with Gasteiger partial charge in [-0.25, -0.2) is 4.39 Å². The van der Waals surface area contributed by atoms with E-state index in [0.717, 1.165) is 11.1 Å². The van der Waals surface area contributed by atoms with Crippen molar-refractivity contribution < 1.29 is 4.39 Å². The molecule has 0 aliphatic rings. The van der Waals surface area contributed by atoms with Crippen LogP contribution in [0.5, 0.6) is 0 Å². The SMILES string of the molecule is Cc1ccc(C(F)CNc2c(N)c(=O)c2=O)cc1C. The first-order chi connectivity index (χ1) is 8.91. The number of halogens is 1. The van der Waals surface area contributed by atoms with Crippen LogP contribution in [0.15, 0.2) is 27.8 Å². The minimum absolute atomic E-state index is 0.0245. The van der Waals surface area contributed by atoms with E-state index in [1.165, 1.54) is 0 Å². The van der Waals surface area contributed by atoms with Crippen LogP contribution in [-0.4, -0.2) is 6.54 Å². The molecule has 3 N–H and O–H groups in total. The van der Waals surface area contributed by atoms with Crippen LogP contribution in [-0.2, 0) is 0 Å². The van der Waals surface area contributed by atoms with Gasteiger partial charge in [0.1, 0.15) is 17.5 Å². The number of nitrogens with one attached hydrogen (secondary N) is 1. The number of nitrogens with two attached hydrogens (primary N) is 1. The van der Waals surface area contributed by atoms with Gasteiger partial charge in [0.15, 0.2) is 0 Å². The highest BCUT2D eigenvalue weighted by molar-refractivity contribution is 5.71. The van der Waals surface area contributed by atoms with Crippen molar-refractivity contribution in [3.63, 3.8) is 0 Å². The Morgan fingerprint density at radius 1 is 1.21 bits per heavy atom. The van der Waals surface area contributed by atoms with Crippen LogP contribution in [0.3, 0.4) is 0 Å². The summed E-state index contributed by atoms with van der Waals surface area (Å²) in [5.41, 5.74) is 6.52. The number of anilines is 2. The molecule has 0 spiro atoms. The Balaban J connectivity index is 2.06. The molecule has 1 atom stereocenters. The monoisotopic (exact) mass is 262 g/mol. The van der Waals surface area contributed by atoms with E-state index >= 15 is 0 Å². The summed E-state index contributed by atoms with van der Waals surface area (Å²) in [5.74, 6) is 0. The summed E-state index contributed by atoms with van der Waals surface area (Å²) in [6.45, 7) is 3.78. The highest BCUT2D eigenvalue weighted by Gasteiger charge is 2.19. The lowest BCUT2D eigenvalue weighted by molar-refractivity contribution is 0.360. The molecule has 0 fully saturated rings. The topological polar surface area (TPSA) is 72.2 Å². The molecule has 2 aromatic rings. The number of hydrogen-bond donors (Lipinski definition) is 2. The molecule has 0 saturated heterocycles. The van der Waals surface area contributed by atoms with E-state index < -0.39 is 17.0 Å². The summed E-state index contributed by atoms with van der Waals surface area (Å²) in [6, 6.07) is 5.33. The number of benzene rings is 1. The van der Waals surface area contributed by atoms with E-state index in [1.807, 2.05) is 19.9 Å². The van der Waals surface area contributed by atoms with Crippen molar-refractivity contribution >= 4 is 11.4 Å². The van der Waals surface area contributed by atoms with Crippen molar-refractivity contribution in [3.05, 3.63) is 55.3 Å². The maximum absolute atomic E-state index is 14.0. The van der Waals surface area contributed by atoms with Crippen LogP contribution >= 0.6 is 0 Å². The summed E-state index contributed by atoms with van der Waals surface area (Å²) in [4.78, 5) is 22.0. The van der Waals surface area contributed by atoms with Gasteiger partial charge in [0.05, 0.1) is 6.54 Å². The lowest BCUT2D eigenvalue weighted by Crippen LogP contribution is -2.37. The first-order valence-corrected chi connectivity index (χ1v) is 5.95. The molecule has 0 heterocycles. The molecular formula is C14H15FN2O2. The molecule has 0 saturated carbocycles. The van der Waals surface area contributed by atoms with E-state index in [9.17, 15) is 14.0 Å². The van der Waals surface area contributed by atoms with Gasteiger partial charge in [0.25, 0.3) is 10.9 Å². The van der Waals surface area contributed by atoms with Crippen LogP contribution in [0.2, 0.25) is 0 Å². The van der Waals surface area contributed by atoms with Crippen LogP contribution < -0.4 is 21.9 Å². The van der Waals surface area contributed by atoms with Crippen molar-refractivity contribution in [2.24, 2.45) is 0 Å². The fraction of sp³-hybridized carbons (Fsp3) is 0.286. The van der Waals surface area contributed by atoms with Gasteiger partial charge in [0.2, 0.25) is 0 Å². The van der Waals surface area contributed by atoms with Crippen LogP contribution in [0.25, 0.3) is 0 Å². The van der Waals surface area contributed by atoms with E-state index in [2.05, 4.69) is 5.32 Å². The van der Waals surface area contributed by atoms with Gasteiger partial charge < -0.3 is 11.1 Å². The van der Waals surface area contributed by atoms with Crippen molar-refractivity contribution in [3.8, 4) is 0 Å². The average Bonchev–Trinajstić information content (AvgIpc) is 2.41. The summed E-state index contributed by atoms with van der Waals surface area (Å²) >= 11 is 0. The fourth-order valence-electron chi connectivity index (χ4n) is 1.85. The predicted molar refractivity (Wildman–Crippen MR) is 74.0 cm³/mol. The molecule has 0 aliphatic carbocycles.